The normalized spacial score (nSPS) is 11.3. The molecule has 23 heavy (non-hydrogen) atoms. The number of para-hydroxylation sites is 1. The molecule has 2 aromatic rings. The van der Waals surface area contributed by atoms with Gasteiger partial charge in [0.25, 0.3) is 0 Å². The van der Waals surface area contributed by atoms with Crippen molar-refractivity contribution in [3.8, 4) is 5.75 Å². The molecule has 7 nitrogen and oxygen atoms in total. The van der Waals surface area contributed by atoms with Gasteiger partial charge in [0.1, 0.15) is 18.7 Å². The number of aromatic nitrogens is 3. The Morgan fingerprint density at radius 1 is 1.35 bits per heavy atom. The van der Waals surface area contributed by atoms with E-state index < -0.39 is 0 Å². The molecule has 0 atom stereocenters. The molecular formula is C16H24N6O. The van der Waals surface area contributed by atoms with Gasteiger partial charge in [-0.25, -0.2) is 0 Å². The van der Waals surface area contributed by atoms with Gasteiger partial charge in [-0.2, -0.15) is 0 Å². The molecule has 1 N–H and O–H groups in total. The van der Waals surface area contributed by atoms with Crippen molar-refractivity contribution in [1.82, 2.24) is 25.0 Å². The highest BCUT2D eigenvalue weighted by atomic mass is 16.5. The molecule has 0 fully saturated rings. The molecule has 0 aliphatic carbocycles. The summed E-state index contributed by atoms with van der Waals surface area (Å²) in [7, 11) is 3.75. The standard InChI is InChI=1S/C16H24N6O/c1-4-22-13-19-20-15(22)12-18-16(17-2)21(3)10-11-23-14-8-6-5-7-9-14/h5-9,13H,4,10-12H2,1-3H3,(H,17,18). The van der Waals surface area contributed by atoms with Gasteiger partial charge in [-0.05, 0) is 19.1 Å². The predicted molar refractivity (Wildman–Crippen MR) is 90.5 cm³/mol. The van der Waals surface area contributed by atoms with E-state index in [9.17, 15) is 0 Å². The number of nitrogens with zero attached hydrogens (tertiary/aromatic N) is 5. The van der Waals surface area contributed by atoms with E-state index in [1.54, 1.807) is 13.4 Å². The maximum Gasteiger partial charge on any atom is 0.193 e. The van der Waals surface area contributed by atoms with Gasteiger partial charge < -0.3 is 19.5 Å². The highest BCUT2D eigenvalue weighted by Gasteiger charge is 2.08. The Kier molecular flexibility index (Phi) is 6.40. The summed E-state index contributed by atoms with van der Waals surface area (Å²) in [4.78, 5) is 6.31. The summed E-state index contributed by atoms with van der Waals surface area (Å²) in [5.74, 6) is 2.56. The summed E-state index contributed by atoms with van der Waals surface area (Å²) in [6.45, 7) is 4.82. The van der Waals surface area contributed by atoms with Crippen LogP contribution in [0.5, 0.6) is 5.75 Å². The topological polar surface area (TPSA) is 67.6 Å². The molecule has 1 aromatic heterocycles. The van der Waals surface area contributed by atoms with Gasteiger partial charge in [-0.15, -0.1) is 10.2 Å². The summed E-state index contributed by atoms with van der Waals surface area (Å²) in [5.41, 5.74) is 0. The van der Waals surface area contributed by atoms with Gasteiger partial charge in [0.2, 0.25) is 0 Å². The molecule has 0 unspecified atom stereocenters. The van der Waals surface area contributed by atoms with Crippen LogP contribution >= 0.6 is 0 Å². The van der Waals surface area contributed by atoms with Gasteiger partial charge in [-0.3, -0.25) is 4.99 Å². The maximum absolute atomic E-state index is 5.71. The fraction of sp³-hybridized carbons (Fsp3) is 0.438. The van der Waals surface area contributed by atoms with Crippen molar-refractivity contribution in [3.63, 3.8) is 0 Å². The molecule has 0 amide bonds. The molecule has 1 heterocycles. The van der Waals surface area contributed by atoms with Gasteiger partial charge in [0.15, 0.2) is 11.8 Å². The van der Waals surface area contributed by atoms with Gasteiger partial charge in [0.05, 0.1) is 13.1 Å². The van der Waals surface area contributed by atoms with E-state index in [4.69, 9.17) is 4.74 Å². The zero-order valence-electron chi connectivity index (χ0n) is 13.9. The summed E-state index contributed by atoms with van der Waals surface area (Å²) < 4.78 is 7.71. The Labute approximate surface area is 137 Å². The number of aryl methyl sites for hydroxylation is 1. The Morgan fingerprint density at radius 3 is 2.83 bits per heavy atom. The number of guanidine groups is 1. The minimum absolute atomic E-state index is 0.588. The Hall–Kier alpha value is -2.57. The zero-order valence-corrected chi connectivity index (χ0v) is 13.9. The van der Waals surface area contributed by atoms with Crippen LogP contribution in [0.4, 0.5) is 0 Å². The number of aliphatic imine (C=N–C) groups is 1. The molecule has 2 rings (SSSR count). The second-order valence-electron chi connectivity index (χ2n) is 5.02. The third kappa shape index (κ3) is 4.98. The fourth-order valence-electron chi connectivity index (χ4n) is 2.15. The first-order chi connectivity index (χ1) is 11.2. The number of ether oxygens (including phenoxy) is 1. The second kappa shape index (κ2) is 8.77. The summed E-state index contributed by atoms with van der Waals surface area (Å²) >= 11 is 0. The largest absolute Gasteiger partial charge is 0.492 e. The van der Waals surface area contributed by atoms with Crippen LogP contribution in [0.1, 0.15) is 12.7 Å². The SMILES string of the molecule is CCn1cnnc1CNC(=NC)N(C)CCOc1ccccc1. The number of hydrogen-bond acceptors (Lipinski definition) is 4. The summed E-state index contributed by atoms with van der Waals surface area (Å²) in [6.07, 6.45) is 1.73. The second-order valence-corrected chi connectivity index (χ2v) is 5.02. The number of benzene rings is 1. The van der Waals surface area contributed by atoms with Crippen LogP contribution in [0.3, 0.4) is 0 Å². The van der Waals surface area contributed by atoms with Gasteiger partial charge >= 0.3 is 0 Å². The van der Waals surface area contributed by atoms with E-state index in [1.807, 2.05) is 46.8 Å². The molecule has 0 aliphatic rings. The molecule has 0 aliphatic heterocycles. The first-order valence-corrected chi connectivity index (χ1v) is 7.71. The van der Waals surface area contributed by atoms with Crippen molar-refractivity contribution in [2.24, 2.45) is 4.99 Å². The smallest absolute Gasteiger partial charge is 0.193 e. The summed E-state index contributed by atoms with van der Waals surface area (Å²) in [6, 6.07) is 9.79. The lowest BCUT2D eigenvalue weighted by Gasteiger charge is -2.22. The molecule has 1 aromatic carbocycles. The van der Waals surface area contributed by atoms with Crippen LogP contribution in [0, 0.1) is 0 Å². The number of likely N-dealkylation sites (N-methyl/N-ethyl adjacent to an activating group) is 1. The molecule has 0 bridgehead atoms. The van der Waals surface area contributed by atoms with Crippen molar-refractivity contribution >= 4 is 5.96 Å². The van der Waals surface area contributed by atoms with Crippen LogP contribution < -0.4 is 10.1 Å². The summed E-state index contributed by atoms with van der Waals surface area (Å²) in [5, 5.41) is 11.3. The van der Waals surface area contributed by atoms with E-state index in [1.165, 1.54) is 0 Å². The quantitative estimate of drug-likeness (QED) is 0.617. The lowest BCUT2D eigenvalue weighted by atomic mass is 10.3. The highest BCUT2D eigenvalue weighted by molar-refractivity contribution is 5.79. The average Bonchev–Trinajstić information content (AvgIpc) is 3.04. The maximum atomic E-state index is 5.71. The first kappa shape index (κ1) is 16.8. The van der Waals surface area contributed by atoms with Crippen molar-refractivity contribution in [1.29, 1.82) is 0 Å². The average molecular weight is 316 g/mol. The minimum Gasteiger partial charge on any atom is -0.492 e. The van der Waals surface area contributed by atoms with Crippen LogP contribution in [-0.2, 0) is 13.1 Å². The molecule has 0 radical (unpaired) electrons. The van der Waals surface area contributed by atoms with E-state index in [2.05, 4.69) is 27.4 Å². The Balaban J connectivity index is 1.78. The molecular weight excluding hydrogens is 292 g/mol. The molecule has 0 spiro atoms. The lowest BCUT2D eigenvalue weighted by molar-refractivity contribution is 0.281. The number of hydrogen-bond donors (Lipinski definition) is 1. The molecule has 0 saturated carbocycles. The highest BCUT2D eigenvalue weighted by Crippen LogP contribution is 2.07. The lowest BCUT2D eigenvalue weighted by Crippen LogP contribution is -2.40. The van der Waals surface area contributed by atoms with Gasteiger partial charge in [-0.1, -0.05) is 18.2 Å². The van der Waals surface area contributed by atoms with Crippen molar-refractivity contribution in [2.75, 3.05) is 27.2 Å². The van der Waals surface area contributed by atoms with Crippen LogP contribution in [-0.4, -0.2) is 52.9 Å². The molecule has 7 heteroatoms. The van der Waals surface area contributed by atoms with Crippen LogP contribution in [0.25, 0.3) is 0 Å². The van der Waals surface area contributed by atoms with Crippen molar-refractivity contribution in [3.05, 3.63) is 42.5 Å². The Morgan fingerprint density at radius 2 is 2.13 bits per heavy atom. The van der Waals surface area contributed by atoms with E-state index >= 15 is 0 Å². The molecule has 0 saturated heterocycles. The van der Waals surface area contributed by atoms with E-state index in [0.717, 1.165) is 30.6 Å². The number of nitrogens with one attached hydrogen (secondary N) is 1. The van der Waals surface area contributed by atoms with Crippen LogP contribution in [0.2, 0.25) is 0 Å². The van der Waals surface area contributed by atoms with Gasteiger partial charge in [0, 0.05) is 20.6 Å². The zero-order chi connectivity index (χ0) is 16.5. The van der Waals surface area contributed by atoms with Crippen LogP contribution in [0.15, 0.2) is 41.7 Å². The fourth-order valence-corrected chi connectivity index (χ4v) is 2.15. The molecule has 124 valence electrons. The predicted octanol–water partition coefficient (Wildman–Crippen LogP) is 1.38. The van der Waals surface area contributed by atoms with E-state index in [0.29, 0.717) is 13.2 Å². The third-order valence-electron chi connectivity index (χ3n) is 3.45. The van der Waals surface area contributed by atoms with Crippen molar-refractivity contribution < 1.29 is 4.74 Å². The van der Waals surface area contributed by atoms with Crippen molar-refractivity contribution in [2.45, 2.75) is 20.0 Å². The monoisotopic (exact) mass is 316 g/mol. The first-order valence-electron chi connectivity index (χ1n) is 7.71. The number of rotatable bonds is 7. The third-order valence-corrected chi connectivity index (χ3v) is 3.45. The Bertz CT molecular complexity index is 610. The van der Waals surface area contributed by atoms with E-state index in [-0.39, 0.29) is 0 Å². The minimum atomic E-state index is 0.588.